The number of ether oxygens (including phenoxy) is 1. The Morgan fingerprint density at radius 3 is 2.38 bits per heavy atom. The number of aliphatic hydroxyl groups is 1. The van der Waals surface area contributed by atoms with Gasteiger partial charge in [0.2, 0.25) is 10.0 Å². The highest BCUT2D eigenvalue weighted by molar-refractivity contribution is 7.89. The van der Waals surface area contributed by atoms with Crippen molar-refractivity contribution in [2.45, 2.75) is 43.1 Å². The zero-order valence-electron chi connectivity index (χ0n) is 12.7. The first-order valence-electron chi connectivity index (χ1n) is 7.03. The number of rotatable bonds is 4. The van der Waals surface area contributed by atoms with Gasteiger partial charge in [0, 0.05) is 19.6 Å². The highest BCUT2D eigenvalue weighted by atomic mass is 32.2. The second-order valence-electron chi connectivity index (χ2n) is 6.63. The fourth-order valence-corrected chi connectivity index (χ4v) is 3.30. The molecule has 118 valence electrons. The molecule has 1 heterocycles. The smallest absolute Gasteiger partial charge is 0.240 e. The molecule has 0 amide bonds. The first-order valence-corrected chi connectivity index (χ1v) is 8.51. The molecule has 5 nitrogen and oxygen atoms in total. The van der Waals surface area contributed by atoms with Crippen LogP contribution in [0.25, 0.3) is 0 Å². The summed E-state index contributed by atoms with van der Waals surface area (Å²) in [6.07, 6.45) is 0.443. The normalized spacial score (nSPS) is 23.4. The van der Waals surface area contributed by atoms with Gasteiger partial charge in [-0.3, -0.25) is 0 Å². The van der Waals surface area contributed by atoms with Crippen LogP contribution in [-0.2, 0) is 20.2 Å². The van der Waals surface area contributed by atoms with E-state index in [1.165, 1.54) is 0 Å². The van der Waals surface area contributed by atoms with Crippen LogP contribution in [0.15, 0.2) is 29.2 Å². The summed E-state index contributed by atoms with van der Waals surface area (Å²) in [7, 11) is -3.61. The van der Waals surface area contributed by atoms with Crippen LogP contribution in [0.2, 0.25) is 0 Å². The third-order valence-corrected chi connectivity index (χ3v) is 5.12. The summed E-state index contributed by atoms with van der Waals surface area (Å²) in [6.45, 7) is 6.81. The van der Waals surface area contributed by atoms with Crippen LogP contribution in [0.5, 0.6) is 0 Å². The largest absolute Gasteiger partial charge is 0.386 e. The van der Waals surface area contributed by atoms with Gasteiger partial charge in [-0.05, 0) is 23.1 Å². The average Bonchev–Trinajstić information content (AvgIpc) is 2.84. The molecule has 1 unspecified atom stereocenters. The molecule has 0 bridgehead atoms. The van der Waals surface area contributed by atoms with Gasteiger partial charge in [0.1, 0.15) is 5.60 Å². The number of benzene rings is 1. The van der Waals surface area contributed by atoms with E-state index in [0.717, 1.165) is 5.56 Å². The molecule has 1 aromatic rings. The Morgan fingerprint density at radius 1 is 1.29 bits per heavy atom. The summed E-state index contributed by atoms with van der Waals surface area (Å²) in [4.78, 5) is 0.206. The average molecular weight is 313 g/mol. The maximum absolute atomic E-state index is 12.2. The summed E-state index contributed by atoms with van der Waals surface area (Å²) in [5, 5.41) is 10.1. The first kappa shape index (κ1) is 16.4. The molecule has 1 atom stereocenters. The maximum atomic E-state index is 12.2. The van der Waals surface area contributed by atoms with E-state index >= 15 is 0 Å². The molecule has 1 saturated heterocycles. The van der Waals surface area contributed by atoms with E-state index in [1.807, 2.05) is 12.1 Å². The van der Waals surface area contributed by atoms with E-state index in [1.54, 1.807) is 12.1 Å². The van der Waals surface area contributed by atoms with Gasteiger partial charge in [-0.1, -0.05) is 32.9 Å². The topological polar surface area (TPSA) is 75.6 Å². The van der Waals surface area contributed by atoms with Crippen LogP contribution in [0.4, 0.5) is 0 Å². The Morgan fingerprint density at radius 2 is 1.90 bits per heavy atom. The van der Waals surface area contributed by atoms with Crippen LogP contribution in [0, 0.1) is 0 Å². The quantitative estimate of drug-likeness (QED) is 0.881. The second-order valence-corrected chi connectivity index (χ2v) is 8.39. The van der Waals surface area contributed by atoms with Gasteiger partial charge in [-0.2, -0.15) is 0 Å². The Bertz CT molecular complexity index is 581. The van der Waals surface area contributed by atoms with Crippen molar-refractivity contribution in [1.29, 1.82) is 0 Å². The van der Waals surface area contributed by atoms with E-state index in [-0.39, 0.29) is 23.5 Å². The van der Waals surface area contributed by atoms with Gasteiger partial charge in [0.15, 0.2) is 0 Å². The van der Waals surface area contributed by atoms with Crippen LogP contribution < -0.4 is 4.72 Å². The molecule has 1 aliphatic rings. The van der Waals surface area contributed by atoms with E-state index in [2.05, 4.69) is 25.5 Å². The predicted octanol–water partition coefficient (Wildman–Crippen LogP) is 1.41. The Balaban J connectivity index is 2.09. The summed E-state index contributed by atoms with van der Waals surface area (Å²) < 4.78 is 32.0. The first-order chi connectivity index (χ1) is 9.62. The second kappa shape index (κ2) is 5.68. The minimum Gasteiger partial charge on any atom is -0.386 e. The number of nitrogens with one attached hydrogen (secondary N) is 1. The van der Waals surface area contributed by atoms with Crippen LogP contribution in [-0.4, -0.2) is 38.9 Å². The molecule has 2 rings (SSSR count). The lowest BCUT2D eigenvalue weighted by Gasteiger charge is -2.21. The molecule has 1 fully saturated rings. The lowest BCUT2D eigenvalue weighted by molar-refractivity contribution is 0.0314. The van der Waals surface area contributed by atoms with Gasteiger partial charge in [0.25, 0.3) is 0 Å². The van der Waals surface area contributed by atoms with Gasteiger partial charge >= 0.3 is 0 Å². The summed E-state index contributed by atoms with van der Waals surface area (Å²) >= 11 is 0. The molecule has 6 heteroatoms. The van der Waals surface area contributed by atoms with E-state index in [4.69, 9.17) is 4.74 Å². The van der Waals surface area contributed by atoms with Gasteiger partial charge < -0.3 is 9.84 Å². The molecule has 2 N–H and O–H groups in total. The molecule has 0 aliphatic carbocycles. The zero-order valence-corrected chi connectivity index (χ0v) is 13.5. The number of sulfonamides is 1. The Hall–Kier alpha value is -0.950. The molecule has 0 saturated carbocycles. The van der Waals surface area contributed by atoms with Gasteiger partial charge in [0.05, 0.1) is 11.5 Å². The zero-order chi connectivity index (χ0) is 15.7. The molecule has 0 radical (unpaired) electrons. The summed E-state index contributed by atoms with van der Waals surface area (Å²) in [5.41, 5.74) is -0.0472. The van der Waals surface area contributed by atoms with Crippen molar-refractivity contribution in [3.05, 3.63) is 29.8 Å². The molecule has 0 aromatic heterocycles. The number of hydrogen-bond acceptors (Lipinski definition) is 4. The highest BCUT2D eigenvalue weighted by Crippen LogP contribution is 2.24. The van der Waals surface area contributed by atoms with Crippen molar-refractivity contribution in [1.82, 2.24) is 4.72 Å². The van der Waals surface area contributed by atoms with Crippen LogP contribution in [0.3, 0.4) is 0 Å². The molecule has 1 aromatic carbocycles. The van der Waals surface area contributed by atoms with Crippen molar-refractivity contribution < 1.29 is 18.3 Å². The summed E-state index contributed by atoms with van der Waals surface area (Å²) in [5.74, 6) is 0. The third kappa shape index (κ3) is 4.03. The van der Waals surface area contributed by atoms with Gasteiger partial charge in [-0.25, -0.2) is 13.1 Å². The van der Waals surface area contributed by atoms with Crippen molar-refractivity contribution in [2.75, 3.05) is 19.8 Å². The van der Waals surface area contributed by atoms with Crippen molar-refractivity contribution in [3.63, 3.8) is 0 Å². The van der Waals surface area contributed by atoms with Crippen LogP contribution >= 0.6 is 0 Å². The monoisotopic (exact) mass is 313 g/mol. The SMILES string of the molecule is CC(C)(C)c1ccc(S(=O)(=O)NCC2(O)CCOC2)cc1. The molecule has 1 aliphatic heterocycles. The van der Waals surface area contributed by atoms with E-state index in [0.29, 0.717) is 13.0 Å². The number of hydrogen-bond donors (Lipinski definition) is 2. The lowest BCUT2D eigenvalue weighted by atomic mass is 9.87. The van der Waals surface area contributed by atoms with Gasteiger partial charge in [-0.15, -0.1) is 0 Å². The minimum absolute atomic E-state index is 0.0218. The van der Waals surface area contributed by atoms with Crippen LogP contribution in [0.1, 0.15) is 32.8 Å². The van der Waals surface area contributed by atoms with Crippen molar-refractivity contribution in [3.8, 4) is 0 Å². The standard InChI is InChI=1S/C15H23NO4S/c1-14(2,3)12-4-6-13(7-5-12)21(18,19)16-10-15(17)8-9-20-11-15/h4-7,16-17H,8-11H2,1-3H3. The fourth-order valence-electron chi connectivity index (χ4n) is 2.18. The Labute approximate surface area is 126 Å². The molecule has 21 heavy (non-hydrogen) atoms. The van der Waals surface area contributed by atoms with Crippen molar-refractivity contribution >= 4 is 10.0 Å². The highest BCUT2D eigenvalue weighted by Gasteiger charge is 2.33. The summed E-state index contributed by atoms with van der Waals surface area (Å²) in [6, 6.07) is 6.83. The fraction of sp³-hybridized carbons (Fsp3) is 0.600. The Kier molecular flexibility index (Phi) is 4.44. The maximum Gasteiger partial charge on any atom is 0.240 e. The third-order valence-electron chi connectivity index (χ3n) is 3.70. The van der Waals surface area contributed by atoms with Crippen molar-refractivity contribution in [2.24, 2.45) is 0 Å². The molecular formula is C15H23NO4S. The lowest BCUT2D eigenvalue weighted by Crippen LogP contribution is -2.43. The molecule has 0 spiro atoms. The molecular weight excluding hydrogens is 290 g/mol. The van der Waals surface area contributed by atoms with E-state index < -0.39 is 15.6 Å². The minimum atomic E-state index is -3.61. The van der Waals surface area contributed by atoms with E-state index in [9.17, 15) is 13.5 Å². The predicted molar refractivity (Wildman–Crippen MR) is 80.7 cm³/mol.